The van der Waals surface area contributed by atoms with Crippen molar-refractivity contribution in [1.29, 1.82) is 0 Å². The number of aryl methyl sites for hydroxylation is 1. The minimum Gasteiger partial charge on any atom is -0.493 e. The van der Waals surface area contributed by atoms with Gasteiger partial charge in [-0.05, 0) is 42.8 Å². The molecule has 0 saturated carbocycles. The van der Waals surface area contributed by atoms with Crippen molar-refractivity contribution in [3.05, 3.63) is 59.2 Å². The molecular formula is C21H19BrN2O5. The van der Waals surface area contributed by atoms with Gasteiger partial charge in [-0.15, -0.1) is 0 Å². The molecule has 0 bridgehead atoms. The first-order valence-corrected chi connectivity index (χ1v) is 9.91. The van der Waals surface area contributed by atoms with Gasteiger partial charge in [0.05, 0.1) is 19.4 Å². The molecule has 29 heavy (non-hydrogen) atoms. The molecule has 1 aliphatic rings. The number of methoxy groups -OCH3 is 1. The molecule has 0 atom stereocenters. The minimum atomic E-state index is -0.780. The van der Waals surface area contributed by atoms with Crippen molar-refractivity contribution in [2.45, 2.75) is 6.92 Å². The lowest BCUT2D eigenvalue weighted by molar-refractivity contribution is -0.122. The maximum absolute atomic E-state index is 12.9. The second-order valence-electron chi connectivity index (χ2n) is 6.24. The second kappa shape index (κ2) is 8.91. The van der Waals surface area contributed by atoms with Crippen molar-refractivity contribution in [3.63, 3.8) is 0 Å². The van der Waals surface area contributed by atoms with Gasteiger partial charge in [0.15, 0.2) is 11.5 Å². The number of nitrogens with one attached hydrogen (secondary N) is 1. The molecule has 1 N–H and O–H groups in total. The highest BCUT2D eigenvalue weighted by Crippen LogP contribution is 2.30. The summed E-state index contributed by atoms with van der Waals surface area (Å²) in [6.07, 6.45) is 1.42. The van der Waals surface area contributed by atoms with E-state index in [2.05, 4.69) is 21.2 Å². The van der Waals surface area contributed by atoms with Gasteiger partial charge < -0.3 is 9.47 Å². The first-order chi connectivity index (χ1) is 13.9. The molecule has 0 spiro atoms. The summed E-state index contributed by atoms with van der Waals surface area (Å²) in [5, 5.41) is 2.88. The Bertz CT molecular complexity index is 985. The summed E-state index contributed by atoms with van der Waals surface area (Å²) in [6.45, 7) is 2.36. The van der Waals surface area contributed by atoms with E-state index in [1.807, 2.05) is 6.92 Å². The zero-order valence-corrected chi connectivity index (χ0v) is 17.5. The number of ether oxygens (including phenoxy) is 2. The molecule has 0 aromatic heterocycles. The molecule has 1 aliphatic heterocycles. The van der Waals surface area contributed by atoms with Crippen LogP contribution in [0.5, 0.6) is 11.5 Å². The van der Waals surface area contributed by atoms with Crippen LogP contribution in [0.1, 0.15) is 11.1 Å². The van der Waals surface area contributed by atoms with Crippen LogP contribution < -0.4 is 19.7 Å². The molecule has 8 heteroatoms. The van der Waals surface area contributed by atoms with E-state index < -0.39 is 17.8 Å². The van der Waals surface area contributed by atoms with E-state index in [-0.39, 0.29) is 5.57 Å². The van der Waals surface area contributed by atoms with Crippen molar-refractivity contribution in [1.82, 2.24) is 5.32 Å². The minimum absolute atomic E-state index is 0.152. The fourth-order valence-corrected chi connectivity index (χ4v) is 2.96. The lowest BCUT2D eigenvalue weighted by Gasteiger charge is -2.26. The van der Waals surface area contributed by atoms with E-state index in [9.17, 15) is 14.4 Å². The third-order valence-electron chi connectivity index (χ3n) is 4.23. The van der Waals surface area contributed by atoms with Crippen LogP contribution >= 0.6 is 15.9 Å². The highest BCUT2D eigenvalue weighted by atomic mass is 79.9. The van der Waals surface area contributed by atoms with Crippen LogP contribution in [0.2, 0.25) is 0 Å². The van der Waals surface area contributed by atoms with Gasteiger partial charge in [-0.1, -0.05) is 39.7 Å². The number of hydrogen-bond acceptors (Lipinski definition) is 5. The zero-order chi connectivity index (χ0) is 21.0. The van der Waals surface area contributed by atoms with Crippen LogP contribution in [0.15, 0.2) is 48.0 Å². The zero-order valence-electron chi connectivity index (χ0n) is 15.9. The van der Waals surface area contributed by atoms with Crippen LogP contribution in [0, 0.1) is 6.92 Å². The number of benzene rings is 2. The monoisotopic (exact) mass is 458 g/mol. The summed E-state index contributed by atoms with van der Waals surface area (Å²) < 4.78 is 10.9. The smallest absolute Gasteiger partial charge is 0.335 e. The largest absolute Gasteiger partial charge is 0.493 e. The van der Waals surface area contributed by atoms with Crippen LogP contribution in [0.4, 0.5) is 10.5 Å². The summed E-state index contributed by atoms with van der Waals surface area (Å²) in [5.74, 6) is -0.427. The molecule has 2 aromatic rings. The van der Waals surface area contributed by atoms with Gasteiger partial charge in [0, 0.05) is 5.33 Å². The fraction of sp³-hybridized carbons (Fsp3) is 0.190. The predicted octanol–water partition coefficient (Wildman–Crippen LogP) is 3.44. The van der Waals surface area contributed by atoms with Crippen molar-refractivity contribution in [2.75, 3.05) is 23.9 Å². The third kappa shape index (κ3) is 4.48. The Hall–Kier alpha value is -3.13. The van der Waals surface area contributed by atoms with E-state index in [0.717, 1.165) is 10.5 Å². The van der Waals surface area contributed by atoms with Crippen molar-refractivity contribution < 1.29 is 23.9 Å². The van der Waals surface area contributed by atoms with Crippen LogP contribution in [-0.2, 0) is 9.59 Å². The summed E-state index contributed by atoms with van der Waals surface area (Å²) in [7, 11) is 1.50. The summed E-state index contributed by atoms with van der Waals surface area (Å²) in [5.41, 5.74) is 1.78. The van der Waals surface area contributed by atoms with Gasteiger partial charge in [0.1, 0.15) is 5.57 Å². The second-order valence-corrected chi connectivity index (χ2v) is 7.03. The average Bonchev–Trinajstić information content (AvgIpc) is 2.71. The first-order valence-electron chi connectivity index (χ1n) is 8.79. The lowest BCUT2D eigenvalue weighted by Crippen LogP contribution is -2.54. The molecule has 1 saturated heterocycles. The van der Waals surface area contributed by atoms with Gasteiger partial charge in [0.2, 0.25) is 0 Å². The number of hydrogen-bond donors (Lipinski definition) is 1. The molecule has 150 valence electrons. The topological polar surface area (TPSA) is 84.9 Å². The molecule has 1 fully saturated rings. The molecule has 1 heterocycles. The summed E-state index contributed by atoms with van der Waals surface area (Å²) in [4.78, 5) is 38.4. The van der Waals surface area contributed by atoms with Crippen molar-refractivity contribution in [3.8, 4) is 11.5 Å². The van der Waals surface area contributed by atoms with Gasteiger partial charge >= 0.3 is 6.03 Å². The molecule has 3 rings (SSSR count). The van der Waals surface area contributed by atoms with Crippen molar-refractivity contribution >= 4 is 45.5 Å². The number of urea groups is 1. The lowest BCUT2D eigenvalue weighted by atomic mass is 10.1. The number of carbonyl (C=O) groups is 3. The highest BCUT2D eigenvalue weighted by molar-refractivity contribution is 9.09. The number of amides is 4. The summed E-state index contributed by atoms with van der Waals surface area (Å²) >= 11 is 3.29. The summed E-state index contributed by atoms with van der Waals surface area (Å²) in [6, 6.07) is 11.1. The molecule has 0 radical (unpaired) electrons. The Morgan fingerprint density at radius 1 is 1.07 bits per heavy atom. The van der Waals surface area contributed by atoms with Crippen LogP contribution in [0.25, 0.3) is 6.08 Å². The van der Waals surface area contributed by atoms with Gasteiger partial charge in [-0.3, -0.25) is 14.9 Å². The standard InChI is InChI=1S/C21H19BrN2O5/c1-13-3-6-15(7-4-13)24-20(26)16(19(25)23-21(24)27)11-14-5-8-17(29-10-9-22)18(12-14)28-2/h3-8,11-12H,9-10H2,1-2H3,(H,23,25,27)/b16-11+. The molecule has 0 aliphatic carbocycles. The fourth-order valence-electron chi connectivity index (χ4n) is 2.79. The number of anilines is 1. The molecular weight excluding hydrogens is 440 g/mol. The Labute approximate surface area is 176 Å². The third-order valence-corrected chi connectivity index (χ3v) is 4.55. The number of carbonyl (C=O) groups excluding carboxylic acids is 3. The van der Waals surface area contributed by atoms with Crippen molar-refractivity contribution in [2.24, 2.45) is 0 Å². The Morgan fingerprint density at radius 2 is 1.79 bits per heavy atom. The number of rotatable bonds is 6. The van der Waals surface area contributed by atoms with Crippen LogP contribution in [-0.4, -0.2) is 36.9 Å². The van der Waals surface area contributed by atoms with E-state index in [1.54, 1.807) is 42.5 Å². The van der Waals surface area contributed by atoms with E-state index in [4.69, 9.17) is 9.47 Å². The molecule has 7 nitrogen and oxygen atoms in total. The quantitative estimate of drug-likeness (QED) is 0.407. The highest BCUT2D eigenvalue weighted by Gasteiger charge is 2.36. The first kappa shape index (κ1) is 20.6. The Morgan fingerprint density at radius 3 is 2.45 bits per heavy atom. The van der Waals surface area contributed by atoms with Gasteiger partial charge in [-0.2, -0.15) is 0 Å². The number of barbiturate groups is 1. The Balaban J connectivity index is 1.95. The van der Waals surface area contributed by atoms with Gasteiger partial charge in [0.25, 0.3) is 11.8 Å². The average molecular weight is 459 g/mol. The number of imide groups is 2. The van der Waals surface area contributed by atoms with E-state index in [0.29, 0.717) is 34.7 Å². The van der Waals surface area contributed by atoms with Crippen LogP contribution in [0.3, 0.4) is 0 Å². The number of nitrogens with zero attached hydrogens (tertiary/aromatic N) is 1. The number of halogens is 1. The molecule has 2 aromatic carbocycles. The van der Waals surface area contributed by atoms with E-state index in [1.165, 1.54) is 13.2 Å². The number of alkyl halides is 1. The normalized spacial score (nSPS) is 15.5. The molecule has 0 unspecified atom stereocenters. The SMILES string of the molecule is COc1cc(/C=C2\C(=O)NC(=O)N(c3ccc(C)cc3)C2=O)ccc1OCCBr. The van der Waals surface area contributed by atoms with Gasteiger partial charge in [-0.25, -0.2) is 9.69 Å². The predicted molar refractivity (Wildman–Crippen MR) is 112 cm³/mol. The maximum atomic E-state index is 12.9. The maximum Gasteiger partial charge on any atom is 0.335 e. The molecule has 4 amide bonds. The Kier molecular flexibility index (Phi) is 6.33. The van der Waals surface area contributed by atoms with E-state index >= 15 is 0 Å².